The molecule has 2 heterocycles. The Bertz CT molecular complexity index is 813. The van der Waals surface area contributed by atoms with Gasteiger partial charge in [-0.1, -0.05) is 11.6 Å². The molecule has 2 fully saturated rings. The van der Waals surface area contributed by atoms with Crippen LogP contribution >= 0.6 is 11.6 Å². The van der Waals surface area contributed by atoms with Gasteiger partial charge in [-0.25, -0.2) is 4.79 Å². The zero-order chi connectivity index (χ0) is 20.3. The molecule has 2 aliphatic rings. The highest BCUT2D eigenvalue weighted by atomic mass is 35.5. The number of rotatable bonds is 5. The zero-order valence-corrected chi connectivity index (χ0v) is 16.1. The number of hydrogen-bond acceptors (Lipinski definition) is 5. The minimum Gasteiger partial charge on any atom is -0.452 e. The minimum absolute atomic E-state index is 0.0447. The summed E-state index contributed by atoms with van der Waals surface area (Å²) in [5, 5.41) is 0.369. The van der Waals surface area contributed by atoms with Gasteiger partial charge in [-0.15, -0.1) is 0 Å². The Morgan fingerprint density at radius 2 is 2.00 bits per heavy atom. The lowest BCUT2D eigenvalue weighted by Crippen LogP contribution is -2.45. The third-order valence-electron chi connectivity index (χ3n) is 5.05. The molecule has 150 valence electrons. The van der Waals surface area contributed by atoms with Crippen molar-refractivity contribution >= 4 is 41.0 Å². The molecule has 9 heteroatoms. The molecular weight excluding hydrogens is 386 g/mol. The summed E-state index contributed by atoms with van der Waals surface area (Å²) in [6.45, 7) is 0.868. The van der Waals surface area contributed by atoms with E-state index in [0.717, 1.165) is 6.42 Å². The number of nitrogens with zero attached hydrogens (tertiary/aromatic N) is 2. The summed E-state index contributed by atoms with van der Waals surface area (Å²) in [4.78, 5) is 50.9. The van der Waals surface area contributed by atoms with Crippen molar-refractivity contribution in [1.29, 1.82) is 0 Å². The molecular formula is C19H22ClN3O5. The fraction of sp³-hybridized carbons (Fsp3) is 0.474. The lowest BCUT2D eigenvalue weighted by atomic mass is 9.97. The summed E-state index contributed by atoms with van der Waals surface area (Å²) in [5.41, 5.74) is 5.99. The van der Waals surface area contributed by atoms with Crippen LogP contribution in [0.2, 0.25) is 5.02 Å². The number of benzene rings is 1. The number of hydrogen-bond donors (Lipinski definition) is 1. The van der Waals surface area contributed by atoms with E-state index in [0.29, 0.717) is 43.1 Å². The highest BCUT2D eigenvalue weighted by Crippen LogP contribution is 2.30. The molecule has 3 amide bonds. The summed E-state index contributed by atoms with van der Waals surface area (Å²) in [7, 11) is 0. The van der Waals surface area contributed by atoms with Crippen LogP contribution in [0.1, 0.15) is 36.0 Å². The molecule has 1 aromatic carbocycles. The number of anilines is 1. The van der Waals surface area contributed by atoms with Gasteiger partial charge in [0.15, 0.2) is 6.61 Å². The first-order valence-electron chi connectivity index (χ1n) is 9.21. The first-order chi connectivity index (χ1) is 13.4. The number of halogens is 1. The van der Waals surface area contributed by atoms with Crippen LogP contribution in [0.5, 0.6) is 0 Å². The van der Waals surface area contributed by atoms with Gasteiger partial charge >= 0.3 is 5.97 Å². The maximum atomic E-state index is 12.4. The fourth-order valence-electron chi connectivity index (χ4n) is 3.49. The van der Waals surface area contributed by atoms with Crippen molar-refractivity contribution in [3.63, 3.8) is 0 Å². The Morgan fingerprint density at radius 1 is 1.21 bits per heavy atom. The average molecular weight is 408 g/mol. The van der Waals surface area contributed by atoms with Crippen molar-refractivity contribution < 1.29 is 23.9 Å². The summed E-state index contributed by atoms with van der Waals surface area (Å²) in [5.74, 6) is -1.90. The van der Waals surface area contributed by atoms with E-state index in [9.17, 15) is 19.2 Å². The molecule has 1 atom stereocenters. The van der Waals surface area contributed by atoms with E-state index < -0.39 is 18.5 Å². The lowest BCUT2D eigenvalue weighted by Gasteiger charge is -2.31. The van der Waals surface area contributed by atoms with Gasteiger partial charge in [0, 0.05) is 26.1 Å². The second kappa shape index (κ2) is 8.60. The molecule has 2 saturated heterocycles. The van der Waals surface area contributed by atoms with E-state index in [4.69, 9.17) is 22.1 Å². The predicted octanol–water partition coefficient (Wildman–Crippen LogP) is 1.35. The van der Waals surface area contributed by atoms with Crippen molar-refractivity contribution in [2.24, 2.45) is 11.7 Å². The molecule has 2 aliphatic heterocycles. The number of carbonyl (C=O) groups excluding carboxylic acids is 4. The number of piperidine rings is 1. The quantitative estimate of drug-likeness (QED) is 0.741. The maximum Gasteiger partial charge on any atom is 0.338 e. The van der Waals surface area contributed by atoms with Gasteiger partial charge < -0.3 is 20.3 Å². The van der Waals surface area contributed by atoms with Crippen LogP contribution in [0.3, 0.4) is 0 Å². The van der Waals surface area contributed by atoms with Crippen molar-refractivity contribution in [3.8, 4) is 0 Å². The molecule has 3 rings (SSSR count). The van der Waals surface area contributed by atoms with Crippen molar-refractivity contribution in [3.05, 3.63) is 28.8 Å². The van der Waals surface area contributed by atoms with Crippen molar-refractivity contribution in [1.82, 2.24) is 4.90 Å². The molecule has 0 bridgehead atoms. The van der Waals surface area contributed by atoms with E-state index >= 15 is 0 Å². The Hall–Kier alpha value is -2.61. The van der Waals surface area contributed by atoms with E-state index in [1.807, 2.05) is 0 Å². The third-order valence-corrected chi connectivity index (χ3v) is 5.37. The van der Waals surface area contributed by atoms with Gasteiger partial charge in [0.05, 0.1) is 22.2 Å². The van der Waals surface area contributed by atoms with Gasteiger partial charge in [0.25, 0.3) is 5.91 Å². The van der Waals surface area contributed by atoms with Crippen LogP contribution in [-0.4, -0.2) is 54.8 Å². The zero-order valence-electron chi connectivity index (χ0n) is 15.4. The van der Waals surface area contributed by atoms with E-state index in [1.54, 1.807) is 4.90 Å². The topological polar surface area (TPSA) is 110 Å². The normalized spacial score (nSPS) is 19.6. The number of likely N-dealkylation sites (tertiary alicyclic amines) is 1. The Morgan fingerprint density at radius 3 is 2.68 bits per heavy atom. The molecule has 0 aliphatic carbocycles. The van der Waals surface area contributed by atoms with Crippen LogP contribution < -0.4 is 10.6 Å². The number of esters is 1. The third kappa shape index (κ3) is 4.44. The lowest BCUT2D eigenvalue weighted by molar-refractivity contribution is -0.137. The van der Waals surface area contributed by atoms with E-state index in [1.165, 1.54) is 23.1 Å². The highest BCUT2D eigenvalue weighted by molar-refractivity contribution is 6.34. The van der Waals surface area contributed by atoms with Gasteiger partial charge in [0.2, 0.25) is 11.8 Å². The second-order valence-electron chi connectivity index (χ2n) is 6.97. The fourth-order valence-corrected chi connectivity index (χ4v) is 3.71. The Kier molecular flexibility index (Phi) is 6.18. The summed E-state index contributed by atoms with van der Waals surface area (Å²) < 4.78 is 5.13. The van der Waals surface area contributed by atoms with Crippen LogP contribution in [0.4, 0.5) is 5.69 Å². The predicted molar refractivity (Wildman–Crippen MR) is 102 cm³/mol. The number of nitrogens with two attached hydrogens (primary N) is 1. The maximum absolute atomic E-state index is 12.4. The molecule has 0 unspecified atom stereocenters. The highest BCUT2D eigenvalue weighted by Gasteiger charge is 2.28. The van der Waals surface area contributed by atoms with Gasteiger partial charge in [-0.05, 0) is 37.5 Å². The van der Waals surface area contributed by atoms with Crippen molar-refractivity contribution in [2.45, 2.75) is 25.7 Å². The second-order valence-corrected chi connectivity index (χ2v) is 7.38. The van der Waals surface area contributed by atoms with Crippen LogP contribution in [0.25, 0.3) is 0 Å². The standard InChI is InChI=1S/C19H22ClN3O5/c20-14-6-5-12(9-15(14)23-8-2-4-16(23)24)19(27)28-11-17(25)22-7-1-3-13(10-22)18(21)26/h5-6,9,13H,1-4,7-8,10-11H2,(H2,21,26)/t13-/m0/s1. The molecule has 0 radical (unpaired) electrons. The molecule has 0 saturated carbocycles. The number of amides is 3. The molecule has 2 N–H and O–H groups in total. The van der Waals surface area contributed by atoms with Crippen LogP contribution in [0.15, 0.2) is 18.2 Å². The number of ether oxygens (including phenoxy) is 1. The minimum atomic E-state index is -0.679. The Balaban J connectivity index is 1.61. The molecule has 8 nitrogen and oxygen atoms in total. The van der Waals surface area contributed by atoms with E-state index in [2.05, 4.69) is 0 Å². The first-order valence-corrected chi connectivity index (χ1v) is 9.58. The smallest absolute Gasteiger partial charge is 0.338 e. The van der Waals surface area contributed by atoms with E-state index in [-0.39, 0.29) is 29.8 Å². The number of primary amides is 1. The molecule has 0 spiro atoms. The average Bonchev–Trinajstić information content (AvgIpc) is 3.12. The molecule has 1 aromatic rings. The van der Waals surface area contributed by atoms with Crippen LogP contribution in [0, 0.1) is 5.92 Å². The largest absolute Gasteiger partial charge is 0.452 e. The van der Waals surface area contributed by atoms with Gasteiger partial charge in [-0.3, -0.25) is 14.4 Å². The molecule has 0 aromatic heterocycles. The summed E-state index contributed by atoms with van der Waals surface area (Å²) in [6, 6.07) is 4.52. The SMILES string of the molecule is NC(=O)[C@H]1CCCN(C(=O)COC(=O)c2ccc(Cl)c(N3CCCC3=O)c2)C1. The summed E-state index contributed by atoms with van der Waals surface area (Å²) in [6.07, 6.45) is 2.52. The van der Waals surface area contributed by atoms with Crippen LogP contribution in [-0.2, 0) is 19.1 Å². The van der Waals surface area contributed by atoms with Gasteiger partial charge in [0.1, 0.15) is 0 Å². The number of carbonyl (C=O) groups is 4. The van der Waals surface area contributed by atoms with Crippen molar-refractivity contribution in [2.75, 3.05) is 31.1 Å². The summed E-state index contributed by atoms with van der Waals surface area (Å²) >= 11 is 6.17. The molecule has 28 heavy (non-hydrogen) atoms. The first kappa shape index (κ1) is 20.1. The van der Waals surface area contributed by atoms with Gasteiger partial charge in [-0.2, -0.15) is 0 Å². The Labute approximate surface area is 167 Å². The monoisotopic (exact) mass is 407 g/mol.